The van der Waals surface area contributed by atoms with Gasteiger partial charge in [-0.15, -0.1) is 0 Å². The molecule has 0 aliphatic carbocycles. The smallest absolute Gasteiger partial charge is 0.356 e. The summed E-state index contributed by atoms with van der Waals surface area (Å²) in [6, 6.07) is 3.77. The molecule has 0 radical (unpaired) electrons. The molecule has 1 aromatic carbocycles. The van der Waals surface area contributed by atoms with Gasteiger partial charge in [0, 0.05) is 11.1 Å². The van der Waals surface area contributed by atoms with Crippen LogP contribution in [0, 0.1) is 11.6 Å². The minimum Gasteiger partial charge on any atom is -0.492 e. The van der Waals surface area contributed by atoms with Gasteiger partial charge in [0.2, 0.25) is 0 Å². The molecule has 0 aliphatic rings. The molecule has 21 heavy (non-hydrogen) atoms. The molecule has 2 aromatic rings. The van der Waals surface area contributed by atoms with Crippen LogP contribution in [0.1, 0.15) is 10.5 Å². The summed E-state index contributed by atoms with van der Waals surface area (Å²) in [5.74, 6) is -2.57. The first-order valence-electron chi connectivity index (χ1n) is 5.75. The Hall–Kier alpha value is -2.21. The Bertz CT molecular complexity index is 707. The van der Waals surface area contributed by atoms with Crippen LogP contribution in [0.25, 0.3) is 11.1 Å². The van der Waals surface area contributed by atoms with E-state index in [0.717, 1.165) is 12.3 Å². The Morgan fingerprint density at radius 3 is 2.57 bits per heavy atom. The summed E-state index contributed by atoms with van der Waals surface area (Å²) in [4.78, 5) is 15.0. The van der Waals surface area contributed by atoms with Crippen molar-refractivity contribution in [3.63, 3.8) is 0 Å². The summed E-state index contributed by atoms with van der Waals surface area (Å²) < 4.78 is 37.5. The van der Waals surface area contributed by atoms with Gasteiger partial charge in [0.05, 0.1) is 25.4 Å². The Labute approximate surface area is 124 Å². The molecule has 4 nitrogen and oxygen atoms in total. The third-order valence-electron chi connectivity index (χ3n) is 2.79. The summed E-state index contributed by atoms with van der Waals surface area (Å²) in [7, 11) is 2.41. The second-order valence-electron chi connectivity index (χ2n) is 3.98. The Balaban J connectivity index is 2.64. The van der Waals surface area contributed by atoms with Crippen molar-refractivity contribution in [2.45, 2.75) is 0 Å². The van der Waals surface area contributed by atoms with E-state index in [2.05, 4.69) is 9.72 Å². The highest BCUT2D eigenvalue weighted by molar-refractivity contribution is 6.32. The number of carbonyl (C=O) groups excluding carboxylic acids is 1. The number of aromatic nitrogens is 1. The molecule has 0 aliphatic heterocycles. The molecule has 0 bridgehead atoms. The third kappa shape index (κ3) is 2.80. The van der Waals surface area contributed by atoms with Crippen LogP contribution in [0.2, 0.25) is 5.02 Å². The van der Waals surface area contributed by atoms with Crippen LogP contribution < -0.4 is 4.74 Å². The highest BCUT2D eigenvalue weighted by atomic mass is 35.5. The fraction of sp³-hybridized carbons (Fsp3) is 0.143. The van der Waals surface area contributed by atoms with Crippen LogP contribution in [0.15, 0.2) is 24.4 Å². The topological polar surface area (TPSA) is 48.4 Å². The van der Waals surface area contributed by atoms with Crippen LogP contribution in [0.4, 0.5) is 8.78 Å². The van der Waals surface area contributed by atoms with E-state index in [1.807, 2.05) is 0 Å². The third-order valence-corrected chi connectivity index (χ3v) is 3.09. The number of methoxy groups -OCH3 is 2. The van der Waals surface area contributed by atoms with Gasteiger partial charge in [-0.25, -0.2) is 18.6 Å². The number of pyridine rings is 1. The lowest BCUT2D eigenvalue weighted by molar-refractivity contribution is 0.0594. The first-order chi connectivity index (χ1) is 9.99. The van der Waals surface area contributed by atoms with Crippen molar-refractivity contribution in [2.24, 2.45) is 0 Å². The average Bonchev–Trinajstić information content (AvgIpc) is 2.48. The highest BCUT2D eigenvalue weighted by Crippen LogP contribution is 2.35. The zero-order valence-electron chi connectivity index (χ0n) is 11.1. The van der Waals surface area contributed by atoms with Crippen LogP contribution in [0.5, 0.6) is 5.75 Å². The number of hydrogen-bond acceptors (Lipinski definition) is 4. The second-order valence-corrected chi connectivity index (χ2v) is 4.39. The van der Waals surface area contributed by atoms with Crippen LogP contribution >= 0.6 is 11.6 Å². The summed E-state index contributed by atoms with van der Waals surface area (Å²) in [6.45, 7) is 0. The first kappa shape index (κ1) is 15.2. The average molecular weight is 314 g/mol. The predicted molar refractivity (Wildman–Crippen MR) is 72.5 cm³/mol. The maximum absolute atomic E-state index is 14.3. The lowest BCUT2D eigenvalue weighted by atomic mass is 10.0. The normalized spacial score (nSPS) is 10.3. The molecule has 110 valence electrons. The second kappa shape index (κ2) is 6.05. The monoisotopic (exact) mass is 313 g/mol. The molecule has 0 atom stereocenters. The Kier molecular flexibility index (Phi) is 4.37. The quantitative estimate of drug-likeness (QED) is 0.814. The maximum Gasteiger partial charge on any atom is 0.356 e. The number of rotatable bonds is 3. The largest absolute Gasteiger partial charge is 0.492 e. The highest BCUT2D eigenvalue weighted by Gasteiger charge is 2.19. The zero-order valence-corrected chi connectivity index (χ0v) is 11.9. The number of ether oxygens (including phenoxy) is 2. The molecule has 0 unspecified atom stereocenters. The van der Waals surface area contributed by atoms with E-state index >= 15 is 0 Å². The van der Waals surface area contributed by atoms with Gasteiger partial charge in [-0.2, -0.15) is 0 Å². The van der Waals surface area contributed by atoms with E-state index in [-0.39, 0.29) is 27.6 Å². The molecular formula is C14H10ClF2NO3. The van der Waals surface area contributed by atoms with E-state index in [1.54, 1.807) is 0 Å². The predicted octanol–water partition coefficient (Wildman–Crippen LogP) is 3.48. The van der Waals surface area contributed by atoms with Crippen molar-refractivity contribution in [2.75, 3.05) is 14.2 Å². The minimum absolute atomic E-state index is 0.0569. The number of esters is 1. The van der Waals surface area contributed by atoms with Gasteiger partial charge in [-0.1, -0.05) is 11.6 Å². The van der Waals surface area contributed by atoms with Crippen molar-refractivity contribution in [3.05, 3.63) is 46.7 Å². The number of carbonyl (C=O) groups is 1. The van der Waals surface area contributed by atoms with Crippen molar-refractivity contribution < 1.29 is 23.0 Å². The lowest BCUT2D eigenvalue weighted by Crippen LogP contribution is -2.05. The van der Waals surface area contributed by atoms with Crippen LogP contribution in [0.3, 0.4) is 0 Å². The van der Waals surface area contributed by atoms with Gasteiger partial charge in [0.25, 0.3) is 0 Å². The molecule has 0 spiro atoms. The Morgan fingerprint density at radius 1 is 1.24 bits per heavy atom. The fourth-order valence-electron chi connectivity index (χ4n) is 1.79. The van der Waals surface area contributed by atoms with E-state index in [0.29, 0.717) is 0 Å². The van der Waals surface area contributed by atoms with Gasteiger partial charge in [0.1, 0.15) is 11.5 Å². The first-order valence-corrected chi connectivity index (χ1v) is 6.13. The minimum atomic E-state index is -0.828. The Morgan fingerprint density at radius 2 is 1.95 bits per heavy atom. The maximum atomic E-state index is 14.3. The van der Waals surface area contributed by atoms with Gasteiger partial charge in [-0.05, 0) is 18.2 Å². The SMILES string of the molecule is COC(=O)c1cc(-c2ccc(Cl)c(OC)c2F)c(F)cn1. The lowest BCUT2D eigenvalue weighted by Gasteiger charge is -2.10. The van der Waals surface area contributed by atoms with Crippen molar-refractivity contribution in [1.82, 2.24) is 4.98 Å². The summed E-state index contributed by atoms with van der Waals surface area (Å²) in [5.41, 5.74) is -0.374. The van der Waals surface area contributed by atoms with Gasteiger partial charge < -0.3 is 9.47 Å². The number of halogens is 3. The van der Waals surface area contributed by atoms with E-state index in [4.69, 9.17) is 16.3 Å². The molecular weight excluding hydrogens is 304 g/mol. The summed E-state index contributed by atoms with van der Waals surface area (Å²) >= 11 is 5.79. The van der Waals surface area contributed by atoms with Crippen molar-refractivity contribution in [1.29, 1.82) is 0 Å². The number of hydrogen-bond donors (Lipinski definition) is 0. The molecule has 2 rings (SSSR count). The molecule has 1 aromatic heterocycles. The van der Waals surface area contributed by atoms with E-state index < -0.39 is 17.6 Å². The van der Waals surface area contributed by atoms with Gasteiger partial charge in [-0.3, -0.25) is 0 Å². The van der Waals surface area contributed by atoms with Crippen molar-refractivity contribution in [3.8, 4) is 16.9 Å². The standard InChI is InChI=1S/C14H10ClF2NO3/c1-20-13-9(15)4-3-7(12(13)17)8-5-11(14(19)21-2)18-6-10(8)16/h3-6H,1-2H3. The molecule has 0 fully saturated rings. The van der Waals surface area contributed by atoms with E-state index in [1.165, 1.54) is 26.4 Å². The van der Waals surface area contributed by atoms with Crippen LogP contribution in [-0.2, 0) is 4.74 Å². The van der Waals surface area contributed by atoms with E-state index in [9.17, 15) is 13.6 Å². The summed E-state index contributed by atoms with van der Waals surface area (Å²) in [6.07, 6.45) is 0.822. The van der Waals surface area contributed by atoms with Crippen LogP contribution in [-0.4, -0.2) is 25.2 Å². The number of benzene rings is 1. The van der Waals surface area contributed by atoms with Gasteiger partial charge in [0.15, 0.2) is 11.6 Å². The van der Waals surface area contributed by atoms with Gasteiger partial charge >= 0.3 is 5.97 Å². The molecule has 0 amide bonds. The zero-order chi connectivity index (χ0) is 15.6. The fourth-order valence-corrected chi connectivity index (χ4v) is 2.01. The molecule has 0 N–H and O–H groups in total. The molecule has 0 saturated heterocycles. The summed E-state index contributed by atoms with van der Waals surface area (Å²) in [5, 5.41) is 0.0569. The molecule has 0 saturated carbocycles. The van der Waals surface area contributed by atoms with Crippen molar-refractivity contribution >= 4 is 17.6 Å². The molecule has 7 heteroatoms. The number of nitrogens with zero attached hydrogens (tertiary/aromatic N) is 1. The molecule has 1 heterocycles.